The molecule has 0 saturated heterocycles. The van der Waals surface area contributed by atoms with Gasteiger partial charge in [0, 0.05) is 11.1 Å². The number of aromatic carboxylic acids is 1. The summed E-state index contributed by atoms with van der Waals surface area (Å²) in [5.74, 6) is -1.16. The molecule has 0 radical (unpaired) electrons. The van der Waals surface area contributed by atoms with Crippen LogP contribution >= 0.6 is 0 Å². The van der Waals surface area contributed by atoms with E-state index < -0.39 is 21.5 Å². The van der Waals surface area contributed by atoms with E-state index >= 15 is 0 Å². The second kappa shape index (κ2) is 6.21. The van der Waals surface area contributed by atoms with Gasteiger partial charge in [-0.05, 0) is 50.6 Å². The van der Waals surface area contributed by atoms with Crippen molar-refractivity contribution in [3.05, 3.63) is 42.1 Å². The number of nitrogens with one attached hydrogen (secondary N) is 1. The molecular formula is C16H19N3O4S. The Balaban J connectivity index is 2.55. The number of aromatic nitrogens is 1. The van der Waals surface area contributed by atoms with Gasteiger partial charge in [0.05, 0.1) is 4.90 Å². The van der Waals surface area contributed by atoms with E-state index in [1.165, 1.54) is 24.3 Å². The van der Waals surface area contributed by atoms with E-state index in [1.807, 2.05) is 0 Å². The molecule has 0 fully saturated rings. The molecule has 0 aliphatic heterocycles. The number of carboxylic acid groups (broad SMARTS) is 1. The first-order chi connectivity index (χ1) is 11.0. The van der Waals surface area contributed by atoms with Crippen LogP contribution in [0.4, 0.5) is 5.82 Å². The second-order valence-electron chi connectivity index (χ2n) is 6.32. The number of nitrogens with zero attached hydrogens (tertiary/aromatic N) is 1. The smallest absolute Gasteiger partial charge is 0.355 e. The zero-order valence-electron chi connectivity index (χ0n) is 13.6. The van der Waals surface area contributed by atoms with Crippen molar-refractivity contribution in [1.29, 1.82) is 0 Å². The molecule has 0 aliphatic carbocycles. The van der Waals surface area contributed by atoms with Crippen LogP contribution < -0.4 is 10.5 Å². The van der Waals surface area contributed by atoms with Gasteiger partial charge in [0.1, 0.15) is 5.82 Å². The lowest BCUT2D eigenvalue weighted by Gasteiger charge is -2.20. The highest BCUT2D eigenvalue weighted by Crippen LogP contribution is 2.26. The lowest BCUT2D eigenvalue weighted by molar-refractivity contribution is 0.0691. The van der Waals surface area contributed by atoms with Crippen LogP contribution in [0.5, 0.6) is 0 Å². The largest absolute Gasteiger partial charge is 0.476 e. The Kier molecular flexibility index (Phi) is 4.63. The van der Waals surface area contributed by atoms with E-state index in [0.29, 0.717) is 11.1 Å². The summed E-state index contributed by atoms with van der Waals surface area (Å²) >= 11 is 0. The molecule has 4 N–H and O–H groups in total. The normalized spacial score (nSPS) is 12.1. The standard InChI is InChI=1S/C16H19N3O4S/c1-16(2,3)19-24(22,23)11-6-4-5-10(9-11)12-7-8-13(17)18-14(12)15(20)21/h4-9,19H,1-3H3,(H2,17,18)(H,20,21). The monoisotopic (exact) mass is 349 g/mol. The number of pyridine rings is 1. The van der Waals surface area contributed by atoms with Crippen molar-refractivity contribution in [2.75, 3.05) is 5.73 Å². The molecule has 0 amide bonds. The van der Waals surface area contributed by atoms with Crippen molar-refractivity contribution >= 4 is 21.8 Å². The van der Waals surface area contributed by atoms with E-state index in [0.717, 1.165) is 0 Å². The number of nitrogen functional groups attached to an aromatic ring is 1. The summed E-state index contributed by atoms with van der Waals surface area (Å²) in [6.07, 6.45) is 0. The molecular weight excluding hydrogens is 330 g/mol. The maximum absolute atomic E-state index is 12.4. The SMILES string of the molecule is CC(C)(C)NS(=O)(=O)c1cccc(-c2ccc(N)nc2C(=O)O)c1. The number of benzene rings is 1. The molecule has 1 aromatic carbocycles. The number of carbonyl (C=O) groups is 1. The fourth-order valence-corrected chi connectivity index (χ4v) is 3.63. The van der Waals surface area contributed by atoms with Gasteiger partial charge in [-0.2, -0.15) is 0 Å². The van der Waals surface area contributed by atoms with E-state index in [-0.39, 0.29) is 16.4 Å². The summed E-state index contributed by atoms with van der Waals surface area (Å²) in [6.45, 7) is 5.21. The average molecular weight is 349 g/mol. The van der Waals surface area contributed by atoms with Gasteiger partial charge in [0.2, 0.25) is 10.0 Å². The summed E-state index contributed by atoms with van der Waals surface area (Å²) in [5, 5.41) is 9.28. The first kappa shape index (κ1) is 17.9. The fourth-order valence-electron chi connectivity index (χ4n) is 2.16. The van der Waals surface area contributed by atoms with Crippen molar-refractivity contribution in [1.82, 2.24) is 9.71 Å². The Morgan fingerprint density at radius 3 is 2.46 bits per heavy atom. The summed E-state index contributed by atoms with van der Waals surface area (Å²) < 4.78 is 27.4. The van der Waals surface area contributed by atoms with Crippen molar-refractivity contribution in [2.45, 2.75) is 31.2 Å². The molecule has 0 saturated carbocycles. The molecule has 0 atom stereocenters. The second-order valence-corrected chi connectivity index (χ2v) is 8.00. The van der Waals surface area contributed by atoms with Gasteiger partial charge < -0.3 is 10.8 Å². The Morgan fingerprint density at radius 1 is 1.21 bits per heavy atom. The molecule has 1 aromatic heterocycles. The number of carboxylic acids is 1. The summed E-state index contributed by atoms with van der Waals surface area (Å²) in [4.78, 5) is 15.2. The summed E-state index contributed by atoms with van der Waals surface area (Å²) in [6, 6.07) is 9.01. The van der Waals surface area contributed by atoms with E-state index in [4.69, 9.17) is 5.73 Å². The molecule has 2 rings (SSSR count). The molecule has 0 aliphatic rings. The Bertz CT molecular complexity index is 886. The van der Waals surface area contributed by atoms with Crippen LogP contribution in [0, 0.1) is 0 Å². The highest BCUT2D eigenvalue weighted by molar-refractivity contribution is 7.89. The average Bonchev–Trinajstić information content (AvgIpc) is 2.44. The van der Waals surface area contributed by atoms with E-state index in [9.17, 15) is 18.3 Å². The Hall–Kier alpha value is -2.45. The van der Waals surface area contributed by atoms with Gasteiger partial charge in [-0.3, -0.25) is 0 Å². The quantitative estimate of drug-likeness (QED) is 0.777. The van der Waals surface area contributed by atoms with Crippen LogP contribution in [0.3, 0.4) is 0 Å². The number of anilines is 1. The molecule has 8 heteroatoms. The third-order valence-corrected chi connectivity index (χ3v) is 4.77. The van der Waals surface area contributed by atoms with E-state index in [1.54, 1.807) is 32.9 Å². The first-order valence-corrected chi connectivity index (χ1v) is 8.62. The van der Waals surface area contributed by atoms with Crippen LogP contribution in [0.1, 0.15) is 31.3 Å². The molecule has 7 nitrogen and oxygen atoms in total. The molecule has 2 aromatic rings. The highest BCUT2D eigenvalue weighted by Gasteiger charge is 2.23. The van der Waals surface area contributed by atoms with Gasteiger partial charge in [-0.1, -0.05) is 12.1 Å². The minimum Gasteiger partial charge on any atom is -0.476 e. The maximum atomic E-state index is 12.4. The summed E-state index contributed by atoms with van der Waals surface area (Å²) in [5.41, 5.74) is 5.39. The van der Waals surface area contributed by atoms with Gasteiger partial charge in [0.15, 0.2) is 5.69 Å². The third kappa shape index (κ3) is 4.09. The van der Waals surface area contributed by atoms with Crippen LogP contribution in [0.2, 0.25) is 0 Å². The zero-order chi connectivity index (χ0) is 18.1. The lowest BCUT2D eigenvalue weighted by atomic mass is 10.0. The number of sulfonamides is 1. The van der Waals surface area contributed by atoms with Gasteiger partial charge >= 0.3 is 5.97 Å². The number of hydrogen-bond acceptors (Lipinski definition) is 5. The first-order valence-electron chi connectivity index (χ1n) is 7.14. The van der Waals surface area contributed by atoms with Crippen LogP contribution in [-0.2, 0) is 10.0 Å². The Labute approximate surface area is 140 Å². The third-order valence-electron chi connectivity index (χ3n) is 3.02. The number of hydrogen-bond donors (Lipinski definition) is 3. The molecule has 128 valence electrons. The van der Waals surface area contributed by atoms with E-state index in [2.05, 4.69) is 9.71 Å². The van der Waals surface area contributed by atoms with Crippen LogP contribution in [-0.4, -0.2) is 30.0 Å². The molecule has 0 unspecified atom stereocenters. The van der Waals surface area contributed by atoms with Gasteiger partial charge in [-0.25, -0.2) is 22.9 Å². The molecule has 0 bridgehead atoms. The van der Waals surface area contributed by atoms with Gasteiger partial charge in [0.25, 0.3) is 0 Å². The molecule has 1 heterocycles. The van der Waals surface area contributed by atoms with Crippen LogP contribution in [0.25, 0.3) is 11.1 Å². The minimum atomic E-state index is -3.73. The molecule has 24 heavy (non-hydrogen) atoms. The van der Waals surface area contributed by atoms with Crippen molar-refractivity contribution in [3.63, 3.8) is 0 Å². The summed E-state index contributed by atoms with van der Waals surface area (Å²) in [7, 11) is -3.73. The topological polar surface area (TPSA) is 122 Å². The predicted octanol–water partition coefficient (Wildman–Crippen LogP) is 2.11. The Morgan fingerprint density at radius 2 is 1.88 bits per heavy atom. The minimum absolute atomic E-state index is 0.0445. The highest BCUT2D eigenvalue weighted by atomic mass is 32.2. The van der Waals surface area contributed by atoms with Crippen LogP contribution in [0.15, 0.2) is 41.3 Å². The lowest BCUT2D eigenvalue weighted by Crippen LogP contribution is -2.40. The van der Waals surface area contributed by atoms with Crippen molar-refractivity contribution < 1.29 is 18.3 Å². The van der Waals surface area contributed by atoms with Crippen molar-refractivity contribution in [3.8, 4) is 11.1 Å². The maximum Gasteiger partial charge on any atom is 0.355 e. The number of rotatable bonds is 4. The molecule has 0 spiro atoms. The van der Waals surface area contributed by atoms with Crippen molar-refractivity contribution in [2.24, 2.45) is 0 Å². The van der Waals surface area contributed by atoms with Gasteiger partial charge in [-0.15, -0.1) is 0 Å². The fraction of sp³-hybridized carbons (Fsp3) is 0.250. The number of nitrogens with two attached hydrogens (primary N) is 1. The predicted molar refractivity (Wildman–Crippen MR) is 91.1 cm³/mol. The zero-order valence-corrected chi connectivity index (χ0v) is 14.4.